The average molecular weight is 367 g/mol. The van der Waals surface area contributed by atoms with Gasteiger partial charge < -0.3 is 13.9 Å². The van der Waals surface area contributed by atoms with Gasteiger partial charge in [0.1, 0.15) is 11.7 Å². The number of hydrogen-bond donors (Lipinski definition) is 0. The monoisotopic (exact) mass is 367 g/mol. The standard InChI is InChI=1S/C19H21N5O3/c1-12(2)10-13-11-16(26-22-13)19(25)24-9-5-7-15(24)18-21-17(23-27-18)14-6-3-4-8-20-14/h3-4,6,8,11-12,15H,5,7,9-10H2,1-2H3/t15-/m1/s1. The molecular formula is C19H21N5O3. The van der Waals surface area contributed by atoms with Gasteiger partial charge in [-0.15, -0.1) is 0 Å². The fourth-order valence-corrected chi connectivity index (χ4v) is 3.30. The minimum atomic E-state index is -0.263. The molecule has 140 valence electrons. The summed E-state index contributed by atoms with van der Waals surface area (Å²) in [6, 6.07) is 6.97. The van der Waals surface area contributed by atoms with E-state index in [0.717, 1.165) is 25.0 Å². The Bertz CT molecular complexity index is 918. The van der Waals surface area contributed by atoms with E-state index in [2.05, 4.69) is 34.1 Å². The van der Waals surface area contributed by atoms with Crippen molar-refractivity contribution in [3.63, 3.8) is 0 Å². The summed E-state index contributed by atoms with van der Waals surface area (Å²) in [5, 5.41) is 8.02. The van der Waals surface area contributed by atoms with Gasteiger partial charge in [0.05, 0.1) is 5.69 Å². The molecule has 1 amide bonds. The van der Waals surface area contributed by atoms with Crippen LogP contribution in [-0.4, -0.2) is 37.6 Å². The molecular weight excluding hydrogens is 346 g/mol. The van der Waals surface area contributed by atoms with Crippen LogP contribution in [0.2, 0.25) is 0 Å². The SMILES string of the molecule is CC(C)Cc1cc(C(=O)N2CCC[C@@H]2c2nc(-c3ccccn3)no2)on1. The van der Waals surface area contributed by atoms with E-state index in [1.54, 1.807) is 17.2 Å². The van der Waals surface area contributed by atoms with Crippen LogP contribution in [0.4, 0.5) is 0 Å². The van der Waals surface area contributed by atoms with Crippen LogP contribution in [0, 0.1) is 5.92 Å². The first-order valence-electron chi connectivity index (χ1n) is 9.13. The van der Waals surface area contributed by atoms with Crippen molar-refractivity contribution in [2.75, 3.05) is 6.54 Å². The van der Waals surface area contributed by atoms with Crippen LogP contribution in [0.15, 0.2) is 39.5 Å². The third kappa shape index (κ3) is 3.60. The van der Waals surface area contributed by atoms with E-state index in [4.69, 9.17) is 9.05 Å². The van der Waals surface area contributed by atoms with Gasteiger partial charge in [0.2, 0.25) is 17.5 Å². The molecule has 0 saturated carbocycles. The first-order valence-corrected chi connectivity index (χ1v) is 9.13. The number of amides is 1. The lowest BCUT2D eigenvalue weighted by molar-refractivity contribution is 0.0668. The normalized spacial score (nSPS) is 17.0. The molecule has 1 saturated heterocycles. The quantitative estimate of drug-likeness (QED) is 0.682. The third-order valence-corrected chi connectivity index (χ3v) is 4.52. The van der Waals surface area contributed by atoms with E-state index in [-0.39, 0.29) is 17.7 Å². The summed E-state index contributed by atoms with van der Waals surface area (Å²) in [4.78, 5) is 23.3. The fraction of sp³-hybridized carbons (Fsp3) is 0.421. The van der Waals surface area contributed by atoms with Gasteiger partial charge >= 0.3 is 0 Å². The number of likely N-dealkylation sites (tertiary alicyclic amines) is 1. The highest BCUT2D eigenvalue weighted by Gasteiger charge is 2.36. The number of carbonyl (C=O) groups excluding carboxylic acids is 1. The summed E-state index contributed by atoms with van der Waals surface area (Å²) < 4.78 is 10.7. The smallest absolute Gasteiger partial charge is 0.293 e. The van der Waals surface area contributed by atoms with Gasteiger partial charge in [0.25, 0.3) is 5.91 Å². The lowest BCUT2D eigenvalue weighted by atomic mass is 10.1. The van der Waals surface area contributed by atoms with Gasteiger partial charge in [-0.1, -0.05) is 30.2 Å². The predicted octanol–water partition coefficient (Wildman–Crippen LogP) is 3.30. The average Bonchev–Trinajstić information content (AvgIpc) is 3.41. The Labute approximate surface area is 156 Å². The van der Waals surface area contributed by atoms with Crippen molar-refractivity contribution in [1.82, 2.24) is 25.2 Å². The van der Waals surface area contributed by atoms with Crippen LogP contribution in [-0.2, 0) is 6.42 Å². The predicted molar refractivity (Wildman–Crippen MR) is 95.6 cm³/mol. The number of carbonyl (C=O) groups is 1. The lowest BCUT2D eigenvalue weighted by Gasteiger charge is -2.20. The van der Waals surface area contributed by atoms with Crippen LogP contribution >= 0.6 is 0 Å². The summed E-state index contributed by atoms with van der Waals surface area (Å²) in [6.45, 7) is 4.81. The maximum atomic E-state index is 12.9. The molecule has 1 aliphatic rings. The molecule has 8 nitrogen and oxygen atoms in total. The number of nitrogens with zero attached hydrogens (tertiary/aromatic N) is 5. The van der Waals surface area contributed by atoms with Gasteiger partial charge in [-0.05, 0) is 37.3 Å². The summed E-state index contributed by atoms with van der Waals surface area (Å²) in [5.74, 6) is 1.34. The minimum Gasteiger partial charge on any atom is -0.351 e. The van der Waals surface area contributed by atoms with E-state index in [9.17, 15) is 4.79 Å². The summed E-state index contributed by atoms with van der Waals surface area (Å²) >= 11 is 0. The summed E-state index contributed by atoms with van der Waals surface area (Å²) in [5.41, 5.74) is 1.43. The molecule has 0 aromatic carbocycles. The Morgan fingerprint density at radius 1 is 1.30 bits per heavy atom. The van der Waals surface area contributed by atoms with Crippen molar-refractivity contribution in [2.24, 2.45) is 5.92 Å². The molecule has 8 heteroatoms. The zero-order valence-electron chi connectivity index (χ0n) is 15.3. The Balaban J connectivity index is 1.53. The number of hydrogen-bond acceptors (Lipinski definition) is 7. The highest BCUT2D eigenvalue weighted by molar-refractivity contribution is 5.91. The van der Waals surface area contributed by atoms with Crippen molar-refractivity contribution in [2.45, 2.75) is 39.2 Å². The second kappa shape index (κ2) is 7.30. The van der Waals surface area contributed by atoms with Gasteiger partial charge in [-0.25, -0.2) is 0 Å². The molecule has 3 aromatic rings. The molecule has 1 atom stereocenters. The number of rotatable bonds is 5. The van der Waals surface area contributed by atoms with Crippen LogP contribution in [0.1, 0.15) is 54.9 Å². The van der Waals surface area contributed by atoms with Crippen LogP contribution in [0.25, 0.3) is 11.5 Å². The number of aromatic nitrogens is 4. The van der Waals surface area contributed by atoms with E-state index >= 15 is 0 Å². The van der Waals surface area contributed by atoms with E-state index < -0.39 is 0 Å². The largest absolute Gasteiger partial charge is 0.351 e. The molecule has 0 bridgehead atoms. The Hall–Kier alpha value is -3.03. The lowest BCUT2D eigenvalue weighted by Crippen LogP contribution is -2.30. The fourth-order valence-electron chi connectivity index (χ4n) is 3.30. The molecule has 0 spiro atoms. The van der Waals surface area contributed by atoms with Gasteiger partial charge in [0, 0.05) is 18.8 Å². The first-order chi connectivity index (χ1) is 13.1. The Morgan fingerprint density at radius 2 is 2.19 bits per heavy atom. The minimum absolute atomic E-state index is 0.197. The van der Waals surface area contributed by atoms with Crippen molar-refractivity contribution in [3.05, 3.63) is 47.8 Å². The molecule has 0 N–H and O–H groups in total. The van der Waals surface area contributed by atoms with E-state index in [0.29, 0.717) is 29.9 Å². The van der Waals surface area contributed by atoms with Crippen LogP contribution in [0.5, 0.6) is 0 Å². The molecule has 0 radical (unpaired) electrons. The van der Waals surface area contributed by atoms with Crippen molar-refractivity contribution >= 4 is 5.91 Å². The highest BCUT2D eigenvalue weighted by atomic mass is 16.5. The zero-order chi connectivity index (χ0) is 18.8. The zero-order valence-corrected chi connectivity index (χ0v) is 15.3. The Kier molecular flexibility index (Phi) is 4.70. The summed E-state index contributed by atoms with van der Waals surface area (Å²) in [7, 11) is 0. The first kappa shape index (κ1) is 17.4. The molecule has 0 aliphatic carbocycles. The second-order valence-electron chi connectivity index (χ2n) is 7.11. The highest BCUT2D eigenvalue weighted by Crippen LogP contribution is 2.33. The van der Waals surface area contributed by atoms with Crippen molar-refractivity contribution in [1.29, 1.82) is 0 Å². The van der Waals surface area contributed by atoms with E-state index in [1.807, 2.05) is 18.2 Å². The van der Waals surface area contributed by atoms with Crippen LogP contribution < -0.4 is 0 Å². The van der Waals surface area contributed by atoms with Crippen LogP contribution in [0.3, 0.4) is 0 Å². The van der Waals surface area contributed by atoms with Crippen molar-refractivity contribution < 1.29 is 13.8 Å². The second-order valence-corrected chi connectivity index (χ2v) is 7.11. The molecule has 1 fully saturated rings. The Morgan fingerprint density at radius 3 is 2.96 bits per heavy atom. The molecule has 3 aromatic heterocycles. The molecule has 1 aliphatic heterocycles. The molecule has 27 heavy (non-hydrogen) atoms. The van der Waals surface area contributed by atoms with E-state index in [1.165, 1.54) is 0 Å². The van der Waals surface area contributed by atoms with Crippen molar-refractivity contribution in [3.8, 4) is 11.5 Å². The topological polar surface area (TPSA) is 98.2 Å². The van der Waals surface area contributed by atoms with Gasteiger partial charge in [-0.2, -0.15) is 4.98 Å². The van der Waals surface area contributed by atoms with Gasteiger partial charge in [0.15, 0.2) is 0 Å². The third-order valence-electron chi connectivity index (χ3n) is 4.52. The molecule has 0 unspecified atom stereocenters. The molecule has 4 heterocycles. The maximum Gasteiger partial charge on any atom is 0.293 e. The number of pyridine rings is 1. The molecule has 4 rings (SSSR count). The van der Waals surface area contributed by atoms with Gasteiger partial charge in [-0.3, -0.25) is 9.78 Å². The maximum absolute atomic E-state index is 12.9. The summed E-state index contributed by atoms with van der Waals surface area (Å²) in [6.07, 6.45) is 4.08.